The van der Waals surface area contributed by atoms with Crippen molar-refractivity contribution in [3.05, 3.63) is 59.5 Å². The number of fused-ring (bicyclic) bond motifs is 4. The molecular weight excluding hydrogens is 436 g/mol. The normalized spacial score (nSPS) is 30.0. The summed E-state index contributed by atoms with van der Waals surface area (Å²) in [5.74, 6) is -0.755. The van der Waals surface area contributed by atoms with Crippen molar-refractivity contribution in [2.24, 2.45) is 5.92 Å². The van der Waals surface area contributed by atoms with Gasteiger partial charge in [0.2, 0.25) is 0 Å². The van der Waals surface area contributed by atoms with E-state index in [1.807, 2.05) is 19.1 Å². The third-order valence-corrected chi connectivity index (χ3v) is 8.00. The van der Waals surface area contributed by atoms with Gasteiger partial charge in [-0.05, 0) is 97.4 Å². The predicted molar refractivity (Wildman–Crippen MR) is 116 cm³/mol. The van der Waals surface area contributed by atoms with E-state index in [0.29, 0.717) is 30.5 Å². The highest BCUT2D eigenvalue weighted by Gasteiger charge is 2.60. The Bertz CT molecular complexity index is 1190. The van der Waals surface area contributed by atoms with Crippen LogP contribution in [0.2, 0.25) is 0 Å². The molecule has 176 valence electrons. The number of hydrogen-bond donors (Lipinski definition) is 2. The standard InChI is InChI=1S/C25H26F4N2O2/c1-2-23-9-10-24(33,25(27,28)29)13-16(23)3-8-22(32)19-12-21-15(11-20(19)23)14-30-31(21)18-6-4-17(26)5-7-18/h4-7,11-12,14,16,22,32-33H,2-3,8-10,13H2,1H3/t16-,22-,23-,24-/m1/s1. The Balaban J connectivity index is 1.65. The van der Waals surface area contributed by atoms with Crippen molar-refractivity contribution in [3.8, 4) is 5.69 Å². The second kappa shape index (κ2) is 7.53. The summed E-state index contributed by atoms with van der Waals surface area (Å²) in [6, 6.07) is 9.75. The summed E-state index contributed by atoms with van der Waals surface area (Å²) in [6.45, 7) is 1.97. The van der Waals surface area contributed by atoms with Crippen LogP contribution in [0.15, 0.2) is 42.6 Å². The summed E-state index contributed by atoms with van der Waals surface area (Å²) >= 11 is 0. The molecule has 2 aliphatic carbocycles. The number of rotatable bonds is 2. The zero-order valence-electron chi connectivity index (χ0n) is 18.2. The fourth-order valence-electron chi connectivity index (χ4n) is 6.08. The van der Waals surface area contributed by atoms with Gasteiger partial charge in [-0.15, -0.1) is 0 Å². The summed E-state index contributed by atoms with van der Waals surface area (Å²) in [5, 5.41) is 26.7. The topological polar surface area (TPSA) is 58.3 Å². The molecule has 0 amide bonds. The minimum atomic E-state index is -4.68. The molecular formula is C25H26F4N2O2. The monoisotopic (exact) mass is 462 g/mol. The van der Waals surface area contributed by atoms with Crippen LogP contribution in [0.5, 0.6) is 0 Å². The van der Waals surface area contributed by atoms with Crippen molar-refractivity contribution in [2.45, 2.75) is 68.7 Å². The van der Waals surface area contributed by atoms with Gasteiger partial charge in [-0.25, -0.2) is 9.07 Å². The molecule has 8 heteroatoms. The lowest BCUT2D eigenvalue weighted by atomic mass is 9.56. The van der Waals surface area contributed by atoms with Gasteiger partial charge in [0.15, 0.2) is 5.60 Å². The number of aliphatic hydroxyl groups excluding tert-OH is 1. The van der Waals surface area contributed by atoms with Crippen LogP contribution in [0.1, 0.15) is 62.7 Å². The number of alkyl halides is 3. The number of aromatic nitrogens is 2. The zero-order chi connectivity index (χ0) is 23.6. The lowest BCUT2D eigenvalue weighted by Crippen LogP contribution is -2.54. The molecule has 1 fully saturated rings. The Morgan fingerprint density at radius 1 is 1.12 bits per heavy atom. The van der Waals surface area contributed by atoms with E-state index in [2.05, 4.69) is 5.10 Å². The number of hydrogen-bond acceptors (Lipinski definition) is 3. The molecule has 1 saturated carbocycles. The van der Waals surface area contributed by atoms with Crippen molar-refractivity contribution in [1.82, 2.24) is 9.78 Å². The van der Waals surface area contributed by atoms with E-state index in [1.165, 1.54) is 12.1 Å². The molecule has 0 aliphatic heterocycles. The van der Waals surface area contributed by atoms with E-state index >= 15 is 0 Å². The third kappa shape index (κ3) is 3.37. The molecule has 0 saturated heterocycles. The third-order valence-electron chi connectivity index (χ3n) is 8.00. The maximum absolute atomic E-state index is 13.7. The highest BCUT2D eigenvalue weighted by molar-refractivity contribution is 5.83. The molecule has 2 N–H and O–H groups in total. The van der Waals surface area contributed by atoms with Crippen LogP contribution >= 0.6 is 0 Å². The van der Waals surface area contributed by atoms with Crippen LogP contribution in [0.4, 0.5) is 17.6 Å². The summed E-state index contributed by atoms with van der Waals surface area (Å²) in [4.78, 5) is 0. The van der Waals surface area contributed by atoms with Gasteiger partial charge < -0.3 is 10.2 Å². The Kier molecular flexibility index (Phi) is 5.10. The van der Waals surface area contributed by atoms with Gasteiger partial charge in [-0.3, -0.25) is 0 Å². The van der Waals surface area contributed by atoms with Crippen LogP contribution < -0.4 is 0 Å². The van der Waals surface area contributed by atoms with Crippen LogP contribution in [0, 0.1) is 11.7 Å². The van der Waals surface area contributed by atoms with Crippen LogP contribution in [0.25, 0.3) is 16.6 Å². The molecule has 0 bridgehead atoms. The highest BCUT2D eigenvalue weighted by atomic mass is 19.4. The number of aliphatic hydroxyl groups is 2. The molecule has 4 atom stereocenters. The van der Waals surface area contributed by atoms with Crippen molar-refractivity contribution in [3.63, 3.8) is 0 Å². The summed E-state index contributed by atoms with van der Waals surface area (Å²) in [6.07, 6.45) is -3.00. The fraction of sp³-hybridized carbons (Fsp3) is 0.480. The molecule has 2 aliphatic rings. The minimum Gasteiger partial charge on any atom is -0.388 e. The van der Waals surface area contributed by atoms with E-state index in [9.17, 15) is 27.8 Å². The quantitative estimate of drug-likeness (QED) is 0.478. The second-order valence-electron chi connectivity index (χ2n) is 9.56. The maximum atomic E-state index is 13.7. The van der Waals surface area contributed by atoms with Gasteiger partial charge in [0.25, 0.3) is 0 Å². The largest absolute Gasteiger partial charge is 0.417 e. The Labute approximate surface area is 188 Å². The summed E-state index contributed by atoms with van der Waals surface area (Å²) in [7, 11) is 0. The first kappa shape index (κ1) is 22.3. The first-order chi connectivity index (χ1) is 15.6. The first-order valence-electron chi connectivity index (χ1n) is 11.3. The van der Waals surface area contributed by atoms with E-state index in [0.717, 1.165) is 16.5 Å². The molecule has 1 heterocycles. The minimum absolute atomic E-state index is 0.196. The molecule has 0 radical (unpaired) electrons. The van der Waals surface area contributed by atoms with E-state index in [1.54, 1.807) is 23.0 Å². The van der Waals surface area contributed by atoms with Crippen LogP contribution in [-0.4, -0.2) is 31.8 Å². The Morgan fingerprint density at radius 2 is 1.85 bits per heavy atom. The predicted octanol–water partition coefficient (Wildman–Crippen LogP) is 5.73. The van der Waals surface area contributed by atoms with Crippen molar-refractivity contribution in [2.75, 3.05) is 0 Å². The molecule has 2 aromatic carbocycles. The molecule has 5 rings (SSSR count). The van der Waals surface area contributed by atoms with Gasteiger partial charge >= 0.3 is 6.18 Å². The molecule has 0 spiro atoms. The lowest BCUT2D eigenvalue weighted by Gasteiger charge is -2.50. The average Bonchev–Trinajstić information content (AvgIpc) is 3.15. The van der Waals surface area contributed by atoms with E-state index in [-0.39, 0.29) is 25.1 Å². The first-order valence-corrected chi connectivity index (χ1v) is 11.3. The van der Waals surface area contributed by atoms with Crippen LogP contribution in [0.3, 0.4) is 0 Å². The average molecular weight is 462 g/mol. The Morgan fingerprint density at radius 3 is 2.52 bits per heavy atom. The number of benzene rings is 2. The SMILES string of the molecule is CC[C@@]12CC[C@](O)(C(F)(F)F)C[C@H]1CC[C@@H](O)c1cc3c(cnn3-c3ccc(F)cc3)cc12. The van der Waals surface area contributed by atoms with Gasteiger partial charge in [0.1, 0.15) is 5.82 Å². The highest BCUT2D eigenvalue weighted by Crippen LogP contribution is 2.58. The lowest BCUT2D eigenvalue weighted by molar-refractivity contribution is -0.279. The van der Waals surface area contributed by atoms with Gasteiger partial charge in [-0.1, -0.05) is 6.92 Å². The second-order valence-corrected chi connectivity index (χ2v) is 9.56. The smallest absolute Gasteiger partial charge is 0.388 e. The summed E-state index contributed by atoms with van der Waals surface area (Å²) in [5.41, 5.74) is -0.277. The number of halogens is 4. The zero-order valence-corrected chi connectivity index (χ0v) is 18.2. The fourth-order valence-corrected chi connectivity index (χ4v) is 6.08. The molecule has 1 aromatic heterocycles. The van der Waals surface area contributed by atoms with E-state index in [4.69, 9.17) is 0 Å². The van der Waals surface area contributed by atoms with Crippen molar-refractivity contribution in [1.29, 1.82) is 0 Å². The van der Waals surface area contributed by atoms with Crippen molar-refractivity contribution < 1.29 is 27.8 Å². The maximum Gasteiger partial charge on any atom is 0.417 e. The molecule has 33 heavy (non-hydrogen) atoms. The van der Waals surface area contributed by atoms with Gasteiger partial charge in [0.05, 0.1) is 23.5 Å². The van der Waals surface area contributed by atoms with Gasteiger partial charge in [0, 0.05) is 5.39 Å². The Hall–Kier alpha value is -2.45. The number of nitrogens with zero attached hydrogens (tertiary/aromatic N) is 2. The van der Waals surface area contributed by atoms with Crippen molar-refractivity contribution >= 4 is 10.9 Å². The van der Waals surface area contributed by atoms with Gasteiger partial charge in [-0.2, -0.15) is 18.3 Å². The van der Waals surface area contributed by atoms with E-state index < -0.39 is 29.2 Å². The van der Waals surface area contributed by atoms with Crippen LogP contribution in [-0.2, 0) is 5.41 Å². The molecule has 4 nitrogen and oxygen atoms in total. The molecule has 3 aromatic rings. The summed E-state index contributed by atoms with van der Waals surface area (Å²) < 4.78 is 56.0. The molecule has 0 unspecified atom stereocenters.